The molecule has 0 radical (unpaired) electrons. The lowest BCUT2D eigenvalue weighted by molar-refractivity contribution is -0.0289. The molecule has 0 amide bonds. The van der Waals surface area contributed by atoms with Crippen LogP contribution >= 0.6 is 0 Å². The Balaban J connectivity index is 1.43. The largest absolute Gasteiger partial charge is 0.490 e. The van der Waals surface area contributed by atoms with E-state index in [9.17, 15) is 0 Å². The quantitative estimate of drug-likeness (QED) is 0.236. The number of hydrogen-bond acceptors (Lipinski definition) is 9. The standard InChI is InChI=1S/C34H52N2O7/c1-5-41-26(2)22-40-23-27-7-10-29(11-8-27)34-30(25-39-18-17-38-4)20-35-21-33(34)43-24-28-9-12-32-31(19-28)36(14-16-42-32)13-6-15-37-3/h7-12,19,26,30,33-35H,5-6,13-18,20-25H2,1-4H3/t26-,30+,33+,34+/m1/s1. The molecule has 0 saturated carbocycles. The highest BCUT2D eigenvalue weighted by molar-refractivity contribution is 5.61. The van der Waals surface area contributed by atoms with Crippen LogP contribution in [0.15, 0.2) is 42.5 Å². The van der Waals surface area contributed by atoms with Gasteiger partial charge >= 0.3 is 0 Å². The summed E-state index contributed by atoms with van der Waals surface area (Å²) in [5, 5.41) is 3.60. The van der Waals surface area contributed by atoms with Crippen molar-refractivity contribution in [2.45, 2.75) is 51.6 Å². The van der Waals surface area contributed by atoms with Gasteiger partial charge in [0.2, 0.25) is 0 Å². The average molecular weight is 601 g/mol. The van der Waals surface area contributed by atoms with Gasteiger partial charge in [0.25, 0.3) is 0 Å². The molecule has 1 N–H and O–H groups in total. The summed E-state index contributed by atoms with van der Waals surface area (Å²) in [4.78, 5) is 2.39. The third-order valence-corrected chi connectivity index (χ3v) is 8.08. The summed E-state index contributed by atoms with van der Waals surface area (Å²) in [5.41, 5.74) is 4.70. The van der Waals surface area contributed by atoms with Crippen LogP contribution in [-0.4, -0.2) is 98.9 Å². The van der Waals surface area contributed by atoms with Crippen molar-refractivity contribution in [3.63, 3.8) is 0 Å². The number of benzene rings is 2. The molecule has 2 aromatic rings. The molecule has 4 atom stereocenters. The minimum atomic E-state index is 0.00371. The molecule has 2 aromatic carbocycles. The second-order valence-electron chi connectivity index (χ2n) is 11.4. The maximum absolute atomic E-state index is 6.70. The molecule has 240 valence electrons. The first-order chi connectivity index (χ1) is 21.1. The van der Waals surface area contributed by atoms with Crippen molar-refractivity contribution in [2.75, 3.05) is 91.5 Å². The van der Waals surface area contributed by atoms with Crippen molar-refractivity contribution < 1.29 is 33.2 Å². The summed E-state index contributed by atoms with van der Waals surface area (Å²) >= 11 is 0. The molecule has 9 nitrogen and oxygen atoms in total. The Morgan fingerprint density at radius 2 is 1.77 bits per heavy atom. The van der Waals surface area contributed by atoms with E-state index in [-0.39, 0.29) is 24.0 Å². The second kappa shape index (κ2) is 18.5. The smallest absolute Gasteiger partial charge is 0.142 e. The summed E-state index contributed by atoms with van der Waals surface area (Å²) in [6, 6.07) is 15.2. The molecule has 4 rings (SSSR count). The highest BCUT2D eigenvalue weighted by Gasteiger charge is 2.35. The normalized spacial score (nSPS) is 20.9. The molecule has 2 aliphatic heterocycles. The van der Waals surface area contributed by atoms with Crippen LogP contribution in [0.25, 0.3) is 0 Å². The fourth-order valence-corrected chi connectivity index (χ4v) is 5.91. The van der Waals surface area contributed by atoms with Crippen LogP contribution in [0.5, 0.6) is 5.75 Å². The summed E-state index contributed by atoms with van der Waals surface area (Å²) in [7, 11) is 3.45. The fourth-order valence-electron chi connectivity index (χ4n) is 5.91. The Morgan fingerprint density at radius 1 is 0.953 bits per heavy atom. The number of rotatable bonds is 19. The highest BCUT2D eigenvalue weighted by atomic mass is 16.5. The molecule has 0 bridgehead atoms. The average Bonchev–Trinajstić information content (AvgIpc) is 3.03. The Hall–Kier alpha value is -2.24. The van der Waals surface area contributed by atoms with Crippen molar-refractivity contribution in [1.82, 2.24) is 5.32 Å². The van der Waals surface area contributed by atoms with Gasteiger partial charge in [-0.25, -0.2) is 0 Å². The van der Waals surface area contributed by atoms with Gasteiger partial charge in [-0.1, -0.05) is 30.3 Å². The molecule has 0 aliphatic carbocycles. The minimum Gasteiger partial charge on any atom is -0.490 e. The lowest BCUT2D eigenvalue weighted by Crippen LogP contribution is -2.48. The number of piperidine rings is 1. The van der Waals surface area contributed by atoms with Gasteiger partial charge in [0.15, 0.2) is 0 Å². The maximum atomic E-state index is 6.70. The van der Waals surface area contributed by atoms with Crippen LogP contribution in [-0.2, 0) is 41.6 Å². The van der Waals surface area contributed by atoms with Gasteiger partial charge in [-0.3, -0.25) is 0 Å². The van der Waals surface area contributed by atoms with Crippen LogP contribution in [0, 0.1) is 5.92 Å². The third-order valence-electron chi connectivity index (χ3n) is 8.08. The van der Waals surface area contributed by atoms with Crippen molar-refractivity contribution >= 4 is 5.69 Å². The van der Waals surface area contributed by atoms with Gasteiger partial charge in [0, 0.05) is 58.9 Å². The number of nitrogens with zero attached hydrogens (tertiary/aromatic N) is 1. The summed E-state index contributed by atoms with van der Waals surface area (Å²) < 4.78 is 40.6. The van der Waals surface area contributed by atoms with E-state index in [1.807, 2.05) is 13.8 Å². The first kappa shape index (κ1) is 33.6. The SMILES string of the molecule is CCO[C@H](C)COCc1ccc([C@H]2[C@H](COCCOC)CNC[C@@H]2OCc2ccc3c(c2)N(CCCOC)CCO3)cc1. The van der Waals surface area contributed by atoms with Gasteiger partial charge < -0.3 is 43.4 Å². The molecule has 2 aliphatic rings. The molecule has 0 unspecified atom stereocenters. The predicted molar refractivity (Wildman–Crippen MR) is 168 cm³/mol. The molecule has 0 aromatic heterocycles. The lowest BCUT2D eigenvalue weighted by Gasteiger charge is -2.39. The molecular formula is C34H52N2O7. The number of anilines is 1. The van der Waals surface area contributed by atoms with Crippen LogP contribution in [0.1, 0.15) is 42.9 Å². The van der Waals surface area contributed by atoms with Gasteiger partial charge in [0.1, 0.15) is 12.4 Å². The Morgan fingerprint density at radius 3 is 2.56 bits per heavy atom. The molecule has 43 heavy (non-hydrogen) atoms. The van der Waals surface area contributed by atoms with E-state index in [4.69, 9.17) is 33.2 Å². The van der Waals surface area contributed by atoms with Crippen LogP contribution in [0.3, 0.4) is 0 Å². The summed E-state index contributed by atoms with van der Waals surface area (Å²) in [6.45, 7) is 13.2. The number of fused-ring (bicyclic) bond motifs is 1. The Bertz CT molecular complexity index is 1050. The lowest BCUT2D eigenvalue weighted by atomic mass is 9.79. The Kier molecular flexibility index (Phi) is 14.5. The minimum absolute atomic E-state index is 0.00371. The first-order valence-corrected chi connectivity index (χ1v) is 15.8. The van der Waals surface area contributed by atoms with E-state index in [1.54, 1.807) is 14.2 Å². The number of nitrogens with one attached hydrogen (secondary N) is 1. The van der Waals surface area contributed by atoms with Gasteiger partial charge in [-0.05, 0) is 49.1 Å². The number of methoxy groups -OCH3 is 2. The molecule has 0 spiro atoms. The van der Waals surface area contributed by atoms with E-state index < -0.39 is 0 Å². The van der Waals surface area contributed by atoms with Gasteiger partial charge in [-0.2, -0.15) is 0 Å². The van der Waals surface area contributed by atoms with Crippen molar-refractivity contribution in [2.24, 2.45) is 5.92 Å². The summed E-state index contributed by atoms with van der Waals surface area (Å²) in [6.07, 6.45) is 1.08. The fraction of sp³-hybridized carbons (Fsp3) is 0.647. The van der Waals surface area contributed by atoms with E-state index in [0.29, 0.717) is 52.9 Å². The van der Waals surface area contributed by atoms with Crippen LogP contribution in [0.2, 0.25) is 0 Å². The van der Waals surface area contributed by atoms with Crippen molar-refractivity contribution in [1.29, 1.82) is 0 Å². The topological polar surface area (TPSA) is 79.9 Å². The maximum Gasteiger partial charge on any atom is 0.142 e. The van der Waals surface area contributed by atoms with E-state index in [0.717, 1.165) is 61.8 Å². The first-order valence-electron chi connectivity index (χ1n) is 15.8. The van der Waals surface area contributed by atoms with Gasteiger partial charge in [0.05, 0.1) is 64.1 Å². The summed E-state index contributed by atoms with van der Waals surface area (Å²) in [5.74, 6) is 1.41. The molecular weight excluding hydrogens is 548 g/mol. The highest BCUT2D eigenvalue weighted by Crippen LogP contribution is 2.36. The van der Waals surface area contributed by atoms with Crippen molar-refractivity contribution in [3.05, 3.63) is 59.2 Å². The zero-order valence-electron chi connectivity index (χ0n) is 26.6. The zero-order chi connectivity index (χ0) is 30.3. The Labute approximate surface area is 258 Å². The van der Waals surface area contributed by atoms with E-state index >= 15 is 0 Å². The zero-order valence-corrected chi connectivity index (χ0v) is 26.6. The predicted octanol–water partition coefficient (Wildman–Crippen LogP) is 4.41. The molecule has 1 fully saturated rings. The molecule has 2 heterocycles. The van der Waals surface area contributed by atoms with Crippen LogP contribution in [0.4, 0.5) is 5.69 Å². The van der Waals surface area contributed by atoms with Gasteiger partial charge in [-0.15, -0.1) is 0 Å². The van der Waals surface area contributed by atoms with Crippen LogP contribution < -0.4 is 15.0 Å². The second-order valence-corrected chi connectivity index (χ2v) is 11.4. The van der Waals surface area contributed by atoms with E-state index in [1.165, 1.54) is 5.56 Å². The van der Waals surface area contributed by atoms with Crippen molar-refractivity contribution in [3.8, 4) is 5.75 Å². The molecule has 1 saturated heterocycles. The number of hydrogen-bond donors (Lipinski definition) is 1. The molecule has 9 heteroatoms. The number of ether oxygens (including phenoxy) is 7. The third kappa shape index (κ3) is 10.4. The van der Waals surface area contributed by atoms with E-state index in [2.05, 4.69) is 52.7 Å². The monoisotopic (exact) mass is 600 g/mol.